The Kier molecular flexibility index (Phi) is 4.35. The average Bonchev–Trinajstić information content (AvgIpc) is 2.30. The Morgan fingerprint density at radius 3 is 2.60 bits per heavy atom. The standard InChI is InChI=1S/C10H12N4.ClH/c11-7-9-1-2-10(13-8-9)14-5-3-12-4-6-14;/h1-2,8,12H,3-6H2;1H. The predicted molar refractivity (Wildman–Crippen MR) is 61.3 cm³/mol. The molecule has 0 saturated carbocycles. The Hall–Kier alpha value is -1.31. The molecule has 1 N–H and O–H groups in total. The average molecular weight is 225 g/mol. The van der Waals surface area contributed by atoms with E-state index in [9.17, 15) is 0 Å². The molecule has 80 valence electrons. The van der Waals surface area contributed by atoms with Crippen LogP contribution in [-0.2, 0) is 0 Å². The van der Waals surface area contributed by atoms with Gasteiger partial charge in [0.1, 0.15) is 11.9 Å². The smallest absolute Gasteiger partial charge is 0.128 e. The van der Waals surface area contributed by atoms with E-state index < -0.39 is 0 Å². The van der Waals surface area contributed by atoms with Gasteiger partial charge < -0.3 is 10.2 Å². The topological polar surface area (TPSA) is 52.0 Å². The van der Waals surface area contributed by atoms with Crippen molar-refractivity contribution in [3.63, 3.8) is 0 Å². The van der Waals surface area contributed by atoms with Gasteiger partial charge in [0.15, 0.2) is 0 Å². The third kappa shape index (κ3) is 2.82. The van der Waals surface area contributed by atoms with E-state index in [1.807, 2.05) is 12.1 Å². The van der Waals surface area contributed by atoms with Crippen molar-refractivity contribution in [1.82, 2.24) is 10.3 Å². The molecule has 0 unspecified atom stereocenters. The number of nitrogens with zero attached hydrogens (tertiary/aromatic N) is 3. The summed E-state index contributed by atoms with van der Waals surface area (Å²) in [6.45, 7) is 3.97. The molecule has 0 spiro atoms. The molecular weight excluding hydrogens is 212 g/mol. The number of hydrogen-bond acceptors (Lipinski definition) is 4. The Morgan fingerprint density at radius 1 is 1.33 bits per heavy atom. The summed E-state index contributed by atoms with van der Waals surface area (Å²) in [4.78, 5) is 6.47. The summed E-state index contributed by atoms with van der Waals surface area (Å²) in [5, 5.41) is 11.9. The molecule has 5 heteroatoms. The van der Waals surface area contributed by atoms with E-state index >= 15 is 0 Å². The van der Waals surface area contributed by atoms with E-state index in [0.717, 1.165) is 32.0 Å². The molecule has 0 bridgehead atoms. The number of pyridine rings is 1. The zero-order chi connectivity index (χ0) is 9.80. The Labute approximate surface area is 95.3 Å². The highest BCUT2D eigenvalue weighted by molar-refractivity contribution is 5.85. The van der Waals surface area contributed by atoms with Crippen molar-refractivity contribution < 1.29 is 0 Å². The van der Waals surface area contributed by atoms with E-state index in [-0.39, 0.29) is 12.4 Å². The fourth-order valence-corrected chi connectivity index (χ4v) is 1.53. The van der Waals surface area contributed by atoms with Crippen molar-refractivity contribution in [3.8, 4) is 6.07 Å². The lowest BCUT2D eigenvalue weighted by atomic mass is 10.3. The summed E-state index contributed by atoms with van der Waals surface area (Å²) in [5.74, 6) is 0.963. The first-order valence-corrected chi connectivity index (χ1v) is 4.72. The number of aromatic nitrogens is 1. The maximum absolute atomic E-state index is 8.63. The van der Waals surface area contributed by atoms with Gasteiger partial charge in [0, 0.05) is 32.4 Å². The van der Waals surface area contributed by atoms with Crippen molar-refractivity contribution >= 4 is 18.2 Å². The minimum atomic E-state index is 0. The van der Waals surface area contributed by atoms with Crippen LogP contribution < -0.4 is 10.2 Å². The van der Waals surface area contributed by atoms with Crippen LogP contribution in [0.25, 0.3) is 0 Å². The van der Waals surface area contributed by atoms with Crippen molar-refractivity contribution in [1.29, 1.82) is 5.26 Å². The Balaban J connectivity index is 0.00000112. The fourth-order valence-electron chi connectivity index (χ4n) is 1.53. The Bertz CT molecular complexity index is 337. The van der Waals surface area contributed by atoms with Gasteiger partial charge in [-0.05, 0) is 12.1 Å². The number of nitriles is 1. The number of anilines is 1. The van der Waals surface area contributed by atoms with Crippen LogP contribution in [0.3, 0.4) is 0 Å². The Morgan fingerprint density at radius 2 is 2.07 bits per heavy atom. The first-order valence-electron chi connectivity index (χ1n) is 4.72. The molecule has 2 heterocycles. The molecule has 4 nitrogen and oxygen atoms in total. The van der Waals surface area contributed by atoms with Gasteiger partial charge >= 0.3 is 0 Å². The second kappa shape index (κ2) is 5.54. The number of piperazine rings is 1. The summed E-state index contributed by atoms with van der Waals surface area (Å²) in [5.41, 5.74) is 0.615. The lowest BCUT2D eigenvalue weighted by molar-refractivity contribution is 0.585. The summed E-state index contributed by atoms with van der Waals surface area (Å²) in [6, 6.07) is 5.78. The maximum Gasteiger partial charge on any atom is 0.128 e. The van der Waals surface area contributed by atoms with E-state index in [4.69, 9.17) is 5.26 Å². The number of rotatable bonds is 1. The van der Waals surface area contributed by atoms with Crippen LogP contribution in [0.1, 0.15) is 5.56 Å². The van der Waals surface area contributed by atoms with Crippen molar-refractivity contribution in [2.75, 3.05) is 31.1 Å². The molecule has 1 aromatic rings. The second-order valence-corrected chi connectivity index (χ2v) is 3.25. The van der Waals surface area contributed by atoms with E-state index in [2.05, 4.69) is 21.3 Å². The van der Waals surface area contributed by atoms with Crippen LogP contribution in [0.2, 0.25) is 0 Å². The summed E-state index contributed by atoms with van der Waals surface area (Å²) in [7, 11) is 0. The van der Waals surface area contributed by atoms with Crippen LogP contribution in [-0.4, -0.2) is 31.2 Å². The van der Waals surface area contributed by atoms with E-state index in [0.29, 0.717) is 5.56 Å². The van der Waals surface area contributed by atoms with E-state index in [1.54, 1.807) is 6.20 Å². The lowest BCUT2D eigenvalue weighted by Crippen LogP contribution is -2.43. The fraction of sp³-hybridized carbons (Fsp3) is 0.400. The SMILES string of the molecule is Cl.N#Cc1ccc(N2CCNCC2)nc1. The molecule has 1 saturated heterocycles. The molecule has 0 radical (unpaired) electrons. The first kappa shape index (κ1) is 11.8. The zero-order valence-electron chi connectivity index (χ0n) is 8.31. The molecule has 0 aromatic carbocycles. The lowest BCUT2D eigenvalue weighted by Gasteiger charge is -2.28. The highest BCUT2D eigenvalue weighted by Gasteiger charge is 2.10. The van der Waals surface area contributed by atoms with Gasteiger partial charge in [-0.15, -0.1) is 12.4 Å². The highest BCUT2D eigenvalue weighted by Crippen LogP contribution is 2.11. The monoisotopic (exact) mass is 224 g/mol. The van der Waals surface area contributed by atoms with Gasteiger partial charge in [-0.1, -0.05) is 0 Å². The molecule has 1 aromatic heterocycles. The molecule has 1 fully saturated rings. The van der Waals surface area contributed by atoms with Gasteiger partial charge in [0.2, 0.25) is 0 Å². The summed E-state index contributed by atoms with van der Waals surface area (Å²) >= 11 is 0. The second-order valence-electron chi connectivity index (χ2n) is 3.25. The van der Waals surface area contributed by atoms with Crippen LogP contribution in [0.4, 0.5) is 5.82 Å². The quantitative estimate of drug-likeness (QED) is 0.766. The molecule has 1 aliphatic heterocycles. The summed E-state index contributed by atoms with van der Waals surface area (Å²) in [6.07, 6.45) is 1.62. The molecule has 0 atom stereocenters. The molecule has 15 heavy (non-hydrogen) atoms. The van der Waals surface area contributed by atoms with Crippen molar-refractivity contribution in [3.05, 3.63) is 23.9 Å². The molecule has 1 aliphatic rings. The third-order valence-corrected chi connectivity index (χ3v) is 2.32. The van der Waals surface area contributed by atoms with Gasteiger partial charge in [0.05, 0.1) is 5.56 Å². The largest absolute Gasteiger partial charge is 0.354 e. The zero-order valence-corrected chi connectivity index (χ0v) is 9.13. The van der Waals surface area contributed by atoms with Crippen molar-refractivity contribution in [2.45, 2.75) is 0 Å². The molecule has 2 rings (SSSR count). The van der Waals surface area contributed by atoms with Gasteiger partial charge in [-0.2, -0.15) is 5.26 Å². The number of hydrogen-bond donors (Lipinski definition) is 1. The number of halogens is 1. The highest BCUT2D eigenvalue weighted by atomic mass is 35.5. The van der Waals surface area contributed by atoms with Crippen LogP contribution in [0.15, 0.2) is 18.3 Å². The predicted octanol–water partition coefficient (Wildman–Crippen LogP) is 0.785. The van der Waals surface area contributed by atoms with Crippen molar-refractivity contribution in [2.24, 2.45) is 0 Å². The maximum atomic E-state index is 8.63. The van der Waals surface area contributed by atoms with Crippen LogP contribution >= 0.6 is 12.4 Å². The van der Waals surface area contributed by atoms with Gasteiger partial charge in [-0.25, -0.2) is 4.98 Å². The van der Waals surface area contributed by atoms with Gasteiger partial charge in [0.25, 0.3) is 0 Å². The first-order chi connectivity index (χ1) is 6.90. The summed E-state index contributed by atoms with van der Waals surface area (Å²) < 4.78 is 0. The van der Waals surface area contributed by atoms with Gasteiger partial charge in [-0.3, -0.25) is 0 Å². The normalized spacial score (nSPS) is 15.3. The molecular formula is C10H13ClN4. The minimum absolute atomic E-state index is 0. The molecule has 0 aliphatic carbocycles. The van der Waals surface area contributed by atoms with Crippen LogP contribution in [0.5, 0.6) is 0 Å². The third-order valence-electron chi connectivity index (χ3n) is 2.32. The molecule has 0 amide bonds. The minimum Gasteiger partial charge on any atom is -0.354 e. The van der Waals surface area contributed by atoms with Crippen LogP contribution in [0, 0.1) is 11.3 Å². The number of nitrogens with one attached hydrogen (secondary N) is 1. The van der Waals surface area contributed by atoms with E-state index in [1.165, 1.54) is 0 Å².